The van der Waals surface area contributed by atoms with Crippen LogP contribution in [0.1, 0.15) is 12.5 Å². The van der Waals surface area contributed by atoms with Gasteiger partial charge in [0.2, 0.25) is 5.91 Å². The lowest BCUT2D eigenvalue weighted by molar-refractivity contribution is -0.113. The highest BCUT2D eigenvalue weighted by atomic mass is 35.5. The van der Waals surface area contributed by atoms with Crippen molar-refractivity contribution in [3.63, 3.8) is 0 Å². The molecule has 3 aromatic rings. The largest absolute Gasteiger partial charge is 0.324 e. The van der Waals surface area contributed by atoms with Gasteiger partial charge in [0.15, 0.2) is 11.0 Å². The molecule has 1 aromatic heterocycles. The predicted molar refractivity (Wildman–Crippen MR) is 107 cm³/mol. The van der Waals surface area contributed by atoms with Crippen LogP contribution in [0.4, 0.5) is 5.69 Å². The van der Waals surface area contributed by atoms with Crippen molar-refractivity contribution in [2.45, 2.75) is 18.6 Å². The SMILES string of the molecule is CCn1c(SCC(=O)Nc2ccccc2C#N)nnc1-c1ccc(Cl)cc1. The topological polar surface area (TPSA) is 83.6 Å². The summed E-state index contributed by atoms with van der Waals surface area (Å²) in [5, 5.41) is 21.6. The number of para-hydroxylation sites is 1. The van der Waals surface area contributed by atoms with E-state index in [0.29, 0.717) is 28.0 Å². The highest BCUT2D eigenvalue weighted by Crippen LogP contribution is 2.25. The van der Waals surface area contributed by atoms with Crippen LogP contribution in [0.25, 0.3) is 11.4 Å². The van der Waals surface area contributed by atoms with Gasteiger partial charge in [0, 0.05) is 17.1 Å². The van der Waals surface area contributed by atoms with Crippen molar-refractivity contribution in [1.29, 1.82) is 5.26 Å². The maximum absolute atomic E-state index is 12.3. The van der Waals surface area contributed by atoms with Crippen LogP contribution < -0.4 is 5.32 Å². The number of carbonyl (C=O) groups excluding carboxylic acids is 1. The smallest absolute Gasteiger partial charge is 0.234 e. The van der Waals surface area contributed by atoms with Gasteiger partial charge in [-0.25, -0.2) is 0 Å². The van der Waals surface area contributed by atoms with E-state index in [0.717, 1.165) is 11.4 Å². The molecular weight excluding hydrogens is 382 g/mol. The summed E-state index contributed by atoms with van der Waals surface area (Å²) in [6, 6.07) is 16.3. The Morgan fingerprint density at radius 3 is 2.67 bits per heavy atom. The molecule has 0 atom stereocenters. The first-order chi connectivity index (χ1) is 13.1. The second-order valence-corrected chi connectivity index (χ2v) is 6.93. The lowest BCUT2D eigenvalue weighted by atomic mass is 10.2. The Morgan fingerprint density at radius 2 is 1.96 bits per heavy atom. The van der Waals surface area contributed by atoms with Gasteiger partial charge in [0.25, 0.3) is 0 Å². The molecule has 0 spiro atoms. The van der Waals surface area contributed by atoms with Crippen LogP contribution in [0, 0.1) is 11.3 Å². The zero-order chi connectivity index (χ0) is 19.2. The molecule has 27 heavy (non-hydrogen) atoms. The van der Waals surface area contributed by atoms with Gasteiger partial charge < -0.3 is 9.88 Å². The number of hydrogen-bond donors (Lipinski definition) is 1. The van der Waals surface area contributed by atoms with E-state index in [4.69, 9.17) is 16.9 Å². The Bertz CT molecular complexity index is 994. The minimum absolute atomic E-state index is 0.165. The normalized spacial score (nSPS) is 10.4. The van der Waals surface area contributed by atoms with Gasteiger partial charge in [-0.3, -0.25) is 4.79 Å². The van der Waals surface area contributed by atoms with Crippen molar-refractivity contribution in [2.24, 2.45) is 0 Å². The van der Waals surface area contributed by atoms with E-state index >= 15 is 0 Å². The first-order valence-electron chi connectivity index (χ1n) is 8.23. The summed E-state index contributed by atoms with van der Waals surface area (Å²) in [6.07, 6.45) is 0. The Labute approximate surface area is 166 Å². The Hall–Kier alpha value is -2.82. The van der Waals surface area contributed by atoms with E-state index < -0.39 is 0 Å². The maximum atomic E-state index is 12.3. The fraction of sp³-hybridized carbons (Fsp3) is 0.158. The molecule has 1 amide bonds. The van der Waals surface area contributed by atoms with Crippen LogP contribution >= 0.6 is 23.4 Å². The van der Waals surface area contributed by atoms with Gasteiger partial charge in [-0.2, -0.15) is 5.26 Å². The van der Waals surface area contributed by atoms with E-state index in [1.54, 1.807) is 36.4 Å². The minimum atomic E-state index is -0.207. The summed E-state index contributed by atoms with van der Waals surface area (Å²) in [5.41, 5.74) is 1.84. The molecule has 0 radical (unpaired) electrons. The van der Waals surface area contributed by atoms with Gasteiger partial charge in [-0.05, 0) is 43.3 Å². The summed E-state index contributed by atoms with van der Waals surface area (Å²) in [4.78, 5) is 12.3. The lowest BCUT2D eigenvalue weighted by Gasteiger charge is -2.08. The summed E-state index contributed by atoms with van der Waals surface area (Å²) in [7, 11) is 0. The van der Waals surface area contributed by atoms with Gasteiger partial charge in [-0.1, -0.05) is 35.5 Å². The number of amides is 1. The predicted octanol–water partition coefficient (Wildman–Crippen LogP) is 4.22. The number of carbonyl (C=O) groups is 1. The summed E-state index contributed by atoms with van der Waals surface area (Å²) in [5.74, 6) is 0.687. The van der Waals surface area contributed by atoms with Crippen molar-refractivity contribution in [3.8, 4) is 17.5 Å². The quantitative estimate of drug-likeness (QED) is 0.629. The Morgan fingerprint density at radius 1 is 1.22 bits per heavy atom. The summed E-state index contributed by atoms with van der Waals surface area (Å²) < 4.78 is 1.95. The van der Waals surface area contributed by atoms with Crippen LogP contribution in [0.5, 0.6) is 0 Å². The third-order valence-corrected chi connectivity index (χ3v) is 5.01. The zero-order valence-electron chi connectivity index (χ0n) is 14.5. The van der Waals surface area contributed by atoms with E-state index in [-0.39, 0.29) is 11.7 Å². The molecule has 3 rings (SSSR count). The molecule has 0 aliphatic heterocycles. The monoisotopic (exact) mass is 397 g/mol. The lowest BCUT2D eigenvalue weighted by Crippen LogP contribution is -2.15. The molecule has 0 saturated heterocycles. The molecule has 8 heteroatoms. The number of halogens is 1. The van der Waals surface area contributed by atoms with Crippen LogP contribution in [0.2, 0.25) is 5.02 Å². The zero-order valence-corrected chi connectivity index (χ0v) is 16.1. The molecule has 1 heterocycles. The van der Waals surface area contributed by atoms with Crippen molar-refractivity contribution < 1.29 is 4.79 Å². The first kappa shape index (κ1) is 19.0. The first-order valence-corrected chi connectivity index (χ1v) is 9.59. The maximum Gasteiger partial charge on any atom is 0.234 e. The molecule has 0 aliphatic rings. The molecule has 136 valence electrons. The minimum Gasteiger partial charge on any atom is -0.324 e. The number of nitrogens with zero attached hydrogens (tertiary/aromatic N) is 4. The van der Waals surface area contributed by atoms with E-state index in [1.807, 2.05) is 23.6 Å². The van der Waals surface area contributed by atoms with E-state index in [1.165, 1.54) is 11.8 Å². The molecule has 0 aliphatic carbocycles. The number of hydrogen-bond acceptors (Lipinski definition) is 5. The van der Waals surface area contributed by atoms with E-state index in [2.05, 4.69) is 21.6 Å². The number of thioether (sulfide) groups is 1. The molecule has 2 aromatic carbocycles. The van der Waals surface area contributed by atoms with Crippen molar-refractivity contribution >= 4 is 35.0 Å². The van der Waals surface area contributed by atoms with Gasteiger partial charge in [-0.15, -0.1) is 10.2 Å². The second-order valence-electron chi connectivity index (χ2n) is 5.55. The number of rotatable bonds is 6. The van der Waals surface area contributed by atoms with Crippen LogP contribution in [0.15, 0.2) is 53.7 Å². The number of nitrogens with one attached hydrogen (secondary N) is 1. The molecule has 0 saturated carbocycles. The summed E-state index contributed by atoms with van der Waals surface area (Å²) in [6.45, 7) is 2.67. The molecule has 0 unspecified atom stereocenters. The third kappa shape index (κ3) is 4.48. The number of anilines is 1. The van der Waals surface area contributed by atoms with Crippen molar-refractivity contribution in [1.82, 2.24) is 14.8 Å². The number of benzene rings is 2. The Kier molecular flexibility index (Phi) is 6.12. The standard InChI is InChI=1S/C19H16ClN5OS/c1-2-25-18(13-7-9-15(20)10-8-13)23-24-19(25)27-12-17(26)22-16-6-4-3-5-14(16)11-21/h3-10H,2,12H2,1H3,(H,22,26). The Balaban J connectivity index is 1.70. The van der Waals surface area contributed by atoms with Gasteiger partial charge >= 0.3 is 0 Å². The average Bonchev–Trinajstić information content (AvgIpc) is 3.10. The van der Waals surface area contributed by atoms with Crippen LogP contribution in [-0.4, -0.2) is 26.4 Å². The van der Waals surface area contributed by atoms with Gasteiger partial charge in [0.1, 0.15) is 6.07 Å². The molecular formula is C19H16ClN5OS. The highest BCUT2D eigenvalue weighted by molar-refractivity contribution is 7.99. The number of nitriles is 1. The fourth-order valence-corrected chi connectivity index (χ4v) is 3.43. The number of aromatic nitrogens is 3. The third-order valence-electron chi connectivity index (χ3n) is 3.79. The van der Waals surface area contributed by atoms with Crippen molar-refractivity contribution in [2.75, 3.05) is 11.1 Å². The average molecular weight is 398 g/mol. The van der Waals surface area contributed by atoms with E-state index in [9.17, 15) is 4.79 Å². The molecule has 0 fully saturated rings. The van der Waals surface area contributed by atoms with Crippen LogP contribution in [0.3, 0.4) is 0 Å². The second kappa shape index (κ2) is 8.71. The molecule has 6 nitrogen and oxygen atoms in total. The summed E-state index contributed by atoms with van der Waals surface area (Å²) >= 11 is 7.24. The van der Waals surface area contributed by atoms with Crippen LogP contribution in [-0.2, 0) is 11.3 Å². The molecule has 0 bridgehead atoms. The molecule has 1 N–H and O–H groups in total. The van der Waals surface area contributed by atoms with Crippen molar-refractivity contribution in [3.05, 3.63) is 59.1 Å². The highest BCUT2D eigenvalue weighted by Gasteiger charge is 2.15. The fourth-order valence-electron chi connectivity index (χ4n) is 2.50. The van der Waals surface area contributed by atoms with Gasteiger partial charge in [0.05, 0.1) is 17.0 Å².